The fourth-order valence-electron chi connectivity index (χ4n) is 1.44. The van der Waals surface area contributed by atoms with Crippen LogP contribution in [-0.4, -0.2) is 0 Å². The summed E-state index contributed by atoms with van der Waals surface area (Å²) in [5.74, 6) is 1.00. The molecule has 0 atom stereocenters. The molecule has 1 aliphatic heterocycles. The van der Waals surface area contributed by atoms with Gasteiger partial charge in [0.25, 0.3) is 0 Å². The number of hydrogen-bond donors (Lipinski definition) is 0. The first-order valence-corrected chi connectivity index (χ1v) is 5.98. The van der Waals surface area contributed by atoms with Crippen molar-refractivity contribution in [2.45, 2.75) is 13.5 Å². The Balaban J connectivity index is 0.000000120. The third kappa shape index (κ3) is 2.86. The first-order chi connectivity index (χ1) is 7.75. The minimum absolute atomic E-state index is 0.766. The molecule has 2 aromatic carbocycles. The SMILES string of the molecule is Cc1ccccc1Br.c1cc2cc(c1)OC2. The molecule has 0 radical (unpaired) electrons. The van der Waals surface area contributed by atoms with E-state index >= 15 is 0 Å². The van der Waals surface area contributed by atoms with Crippen molar-refractivity contribution < 1.29 is 4.74 Å². The minimum Gasteiger partial charge on any atom is -0.489 e. The molecule has 0 spiro atoms. The Morgan fingerprint density at radius 2 is 1.88 bits per heavy atom. The van der Waals surface area contributed by atoms with Gasteiger partial charge in [-0.3, -0.25) is 0 Å². The van der Waals surface area contributed by atoms with Crippen LogP contribution in [0.15, 0.2) is 53.0 Å². The summed E-state index contributed by atoms with van der Waals surface area (Å²) in [7, 11) is 0. The lowest BCUT2D eigenvalue weighted by molar-refractivity contribution is 0.328. The summed E-state index contributed by atoms with van der Waals surface area (Å²) >= 11 is 3.40. The Morgan fingerprint density at radius 3 is 2.44 bits per heavy atom. The molecular formula is C14H13BrO. The monoisotopic (exact) mass is 276 g/mol. The molecule has 3 rings (SSSR count). The molecule has 1 aliphatic rings. The molecule has 0 fully saturated rings. The number of aryl methyl sites for hydroxylation is 1. The van der Waals surface area contributed by atoms with E-state index < -0.39 is 0 Å². The van der Waals surface area contributed by atoms with E-state index in [1.165, 1.54) is 15.6 Å². The van der Waals surface area contributed by atoms with E-state index in [1.54, 1.807) is 0 Å². The Hall–Kier alpha value is -1.28. The second-order valence-electron chi connectivity index (χ2n) is 3.69. The van der Waals surface area contributed by atoms with Crippen molar-refractivity contribution in [3.05, 3.63) is 64.1 Å². The molecule has 0 amide bonds. The second-order valence-corrected chi connectivity index (χ2v) is 4.54. The van der Waals surface area contributed by atoms with E-state index in [1.807, 2.05) is 30.3 Å². The molecule has 0 unspecified atom stereocenters. The smallest absolute Gasteiger partial charge is 0.120 e. The fraction of sp³-hybridized carbons (Fsp3) is 0.143. The summed E-state index contributed by atoms with van der Waals surface area (Å²) < 4.78 is 6.36. The largest absolute Gasteiger partial charge is 0.489 e. The third-order valence-electron chi connectivity index (χ3n) is 2.38. The average molecular weight is 277 g/mol. The van der Waals surface area contributed by atoms with Gasteiger partial charge in [0.1, 0.15) is 12.4 Å². The molecule has 0 N–H and O–H groups in total. The number of ether oxygens (including phenoxy) is 1. The summed E-state index contributed by atoms with van der Waals surface area (Å²) in [6.07, 6.45) is 0. The van der Waals surface area contributed by atoms with Gasteiger partial charge in [-0.05, 0) is 36.2 Å². The maximum atomic E-state index is 5.18. The minimum atomic E-state index is 0.766. The van der Waals surface area contributed by atoms with Crippen molar-refractivity contribution in [3.63, 3.8) is 0 Å². The third-order valence-corrected chi connectivity index (χ3v) is 3.27. The molecule has 0 aromatic heterocycles. The fourth-order valence-corrected chi connectivity index (χ4v) is 1.73. The molecule has 0 saturated heterocycles. The highest BCUT2D eigenvalue weighted by Crippen LogP contribution is 2.20. The van der Waals surface area contributed by atoms with Crippen LogP contribution in [0, 0.1) is 6.92 Å². The van der Waals surface area contributed by atoms with E-state index in [9.17, 15) is 0 Å². The zero-order valence-electron chi connectivity index (χ0n) is 9.11. The molecule has 2 aromatic rings. The van der Waals surface area contributed by atoms with Crippen LogP contribution in [0.2, 0.25) is 0 Å². The lowest BCUT2D eigenvalue weighted by Crippen LogP contribution is -1.80. The lowest BCUT2D eigenvalue weighted by atomic mass is 10.2. The maximum absolute atomic E-state index is 5.18. The van der Waals surface area contributed by atoms with Crippen LogP contribution in [0.5, 0.6) is 5.75 Å². The molecule has 2 heteroatoms. The average Bonchev–Trinajstić information content (AvgIpc) is 2.63. The normalized spacial score (nSPS) is 11.4. The Morgan fingerprint density at radius 1 is 1.06 bits per heavy atom. The van der Waals surface area contributed by atoms with Crippen LogP contribution in [0.25, 0.3) is 0 Å². The van der Waals surface area contributed by atoms with Crippen molar-refractivity contribution in [2.24, 2.45) is 0 Å². The zero-order chi connectivity index (χ0) is 11.4. The van der Waals surface area contributed by atoms with Gasteiger partial charge >= 0.3 is 0 Å². The maximum Gasteiger partial charge on any atom is 0.120 e. The Bertz CT molecular complexity index is 439. The Labute approximate surface area is 104 Å². The molecule has 82 valence electrons. The molecule has 16 heavy (non-hydrogen) atoms. The van der Waals surface area contributed by atoms with Crippen molar-refractivity contribution >= 4 is 15.9 Å². The molecule has 0 saturated carbocycles. The summed E-state index contributed by atoms with van der Waals surface area (Å²) in [6.45, 7) is 2.84. The van der Waals surface area contributed by atoms with Gasteiger partial charge in [0.05, 0.1) is 0 Å². The number of halogens is 1. The van der Waals surface area contributed by atoms with Crippen LogP contribution in [0.3, 0.4) is 0 Å². The van der Waals surface area contributed by atoms with Gasteiger partial charge in [0, 0.05) is 4.47 Å². The van der Waals surface area contributed by atoms with Gasteiger partial charge in [-0.15, -0.1) is 0 Å². The molecule has 1 nitrogen and oxygen atoms in total. The van der Waals surface area contributed by atoms with E-state index in [-0.39, 0.29) is 0 Å². The van der Waals surface area contributed by atoms with Gasteiger partial charge in [0.2, 0.25) is 0 Å². The summed E-state index contributed by atoms with van der Waals surface area (Å²) in [4.78, 5) is 0. The second kappa shape index (κ2) is 5.17. The van der Waals surface area contributed by atoms with E-state index in [0.717, 1.165) is 12.4 Å². The summed E-state index contributed by atoms with van der Waals surface area (Å²) in [5.41, 5.74) is 2.56. The van der Waals surface area contributed by atoms with Crippen molar-refractivity contribution in [2.75, 3.05) is 0 Å². The van der Waals surface area contributed by atoms with Gasteiger partial charge in [-0.1, -0.05) is 46.3 Å². The Kier molecular flexibility index (Phi) is 3.62. The van der Waals surface area contributed by atoms with Gasteiger partial charge in [-0.25, -0.2) is 0 Å². The number of benzene rings is 2. The van der Waals surface area contributed by atoms with Crippen molar-refractivity contribution in [1.29, 1.82) is 0 Å². The predicted octanol–water partition coefficient (Wildman–Crippen LogP) is 4.34. The van der Waals surface area contributed by atoms with Crippen molar-refractivity contribution in [3.8, 4) is 5.75 Å². The highest BCUT2D eigenvalue weighted by atomic mass is 79.9. The quantitative estimate of drug-likeness (QED) is 0.696. The van der Waals surface area contributed by atoms with Gasteiger partial charge < -0.3 is 4.74 Å². The first kappa shape index (κ1) is 11.2. The molecular weight excluding hydrogens is 264 g/mol. The first-order valence-electron chi connectivity index (χ1n) is 5.18. The van der Waals surface area contributed by atoms with E-state index in [2.05, 4.69) is 41.1 Å². The van der Waals surface area contributed by atoms with E-state index in [4.69, 9.17) is 4.74 Å². The number of hydrogen-bond acceptors (Lipinski definition) is 1. The van der Waals surface area contributed by atoms with Gasteiger partial charge in [-0.2, -0.15) is 0 Å². The van der Waals surface area contributed by atoms with Crippen LogP contribution in [-0.2, 0) is 6.61 Å². The number of rotatable bonds is 0. The van der Waals surface area contributed by atoms with Crippen LogP contribution in [0.1, 0.15) is 11.1 Å². The van der Waals surface area contributed by atoms with Crippen molar-refractivity contribution in [1.82, 2.24) is 0 Å². The molecule has 1 heterocycles. The predicted molar refractivity (Wildman–Crippen MR) is 69.7 cm³/mol. The highest BCUT2D eigenvalue weighted by molar-refractivity contribution is 9.10. The molecule has 0 aliphatic carbocycles. The van der Waals surface area contributed by atoms with Gasteiger partial charge in [0.15, 0.2) is 0 Å². The van der Waals surface area contributed by atoms with Crippen LogP contribution >= 0.6 is 15.9 Å². The number of fused-ring (bicyclic) bond motifs is 2. The van der Waals surface area contributed by atoms with E-state index in [0.29, 0.717) is 0 Å². The summed E-state index contributed by atoms with van der Waals surface area (Å²) in [6, 6.07) is 16.3. The standard InChI is InChI=1S/C7H7Br.C7H6O/c1-6-4-2-3-5-7(6)8;1-2-6-4-7(3-1)8-5-6/h2-5H,1H3;1-4H,5H2. The summed E-state index contributed by atoms with van der Waals surface area (Å²) in [5, 5.41) is 0. The lowest BCUT2D eigenvalue weighted by Gasteiger charge is -1.91. The van der Waals surface area contributed by atoms with Crippen LogP contribution < -0.4 is 4.74 Å². The topological polar surface area (TPSA) is 9.23 Å². The zero-order valence-corrected chi connectivity index (χ0v) is 10.7. The molecule has 2 bridgehead atoms. The van der Waals surface area contributed by atoms with Crippen LogP contribution in [0.4, 0.5) is 0 Å². The highest BCUT2D eigenvalue weighted by Gasteiger charge is 2.03.